The lowest BCUT2D eigenvalue weighted by atomic mass is 10.0. The summed E-state index contributed by atoms with van der Waals surface area (Å²) >= 11 is 0. The van der Waals surface area contributed by atoms with Crippen molar-refractivity contribution in [3.05, 3.63) is 40.8 Å². The highest BCUT2D eigenvalue weighted by Gasteiger charge is 2.31. The van der Waals surface area contributed by atoms with Crippen molar-refractivity contribution in [2.45, 2.75) is 45.7 Å². The van der Waals surface area contributed by atoms with Crippen LogP contribution in [0.2, 0.25) is 0 Å². The number of methoxy groups -OCH3 is 1. The van der Waals surface area contributed by atoms with Crippen LogP contribution in [0.3, 0.4) is 0 Å². The van der Waals surface area contributed by atoms with E-state index in [9.17, 15) is 5.11 Å². The van der Waals surface area contributed by atoms with Gasteiger partial charge in [-0.2, -0.15) is 0 Å². The molecule has 1 aliphatic heterocycles. The SMILES string of the molecule is CCc1onc(C)c1C1CCCN1Cc1ccc(OC)c(O)c1. The topological polar surface area (TPSA) is 58.7 Å². The Kier molecular flexibility index (Phi) is 4.57. The summed E-state index contributed by atoms with van der Waals surface area (Å²) in [6.45, 7) is 5.97. The molecule has 1 N–H and O–H groups in total. The summed E-state index contributed by atoms with van der Waals surface area (Å²) in [7, 11) is 1.56. The first-order chi connectivity index (χ1) is 11.1. The van der Waals surface area contributed by atoms with Crippen molar-refractivity contribution in [1.82, 2.24) is 10.1 Å². The van der Waals surface area contributed by atoms with Crippen molar-refractivity contribution in [2.24, 2.45) is 0 Å². The van der Waals surface area contributed by atoms with Crippen LogP contribution in [0.5, 0.6) is 11.5 Å². The molecule has 1 fully saturated rings. The van der Waals surface area contributed by atoms with E-state index in [4.69, 9.17) is 9.26 Å². The van der Waals surface area contributed by atoms with Gasteiger partial charge in [0, 0.05) is 24.6 Å². The van der Waals surface area contributed by atoms with Crippen LogP contribution in [0.15, 0.2) is 22.7 Å². The molecule has 3 rings (SSSR count). The number of nitrogens with zero attached hydrogens (tertiary/aromatic N) is 2. The van der Waals surface area contributed by atoms with Gasteiger partial charge in [-0.3, -0.25) is 4.90 Å². The van der Waals surface area contributed by atoms with E-state index in [1.807, 2.05) is 19.1 Å². The molecule has 5 heteroatoms. The molecule has 1 saturated heterocycles. The summed E-state index contributed by atoms with van der Waals surface area (Å²) in [5, 5.41) is 14.1. The van der Waals surface area contributed by atoms with Gasteiger partial charge < -0.3 is 14.4 Å². The zero-order chi connectivity index (χ0) is 16.4. The fraction of sp³-hybridized carbons (Fsp3) is 0.500. The van der Waals surface area contributed by atoms with E-state index in [0.717, 1.165) is 42.9 Å². The van der Waals surface area contributed by atoms with Crippen LogP contribution < -0.4 is 4.74 Å². The van der Waals surface area contributed by atoms with Crippen LogP contribution in [-0.2, 0) is 13.0 Å². The zero-order valence-electron chi connectivity index (χ0n) is 14.0. The van der Waals surface area contributed by atoms with E-state index in [1.54, 1.807) is 13.2 Å². The molecule has 1 aromatic heterocycles. The molecule has 0 amide bonds. The molecular formula is C18H24N2O3. The second-order valence-electron chi connectivity index (χ2n) is 6.09. The average molecular weight is 316 g/mol. The number of phenols is 1. The highest BCUT2D eigenvalue weighted by Crippen LogP contribution is 2.37. The Bertz CT molecular complexity index is 681. The van der Waals surface area contributed by atoms with E-state index in [1.165, 1.54) is 12.0 Å². The smallest absolute Gasteiger partial charge is 0.160 e. The van der Waals surface area contributed by atoms with E-state index >= 15 is 0 Å². The van der Waals surface area contributed by atoms with Crippen molar-refractivity contribution in [3.63, 3.8) is 0 Å². The van der Waals surface area contributed by atoms with Gasteiger partial charge in [0.25, 0.3) is 0 Å². The molecule has 2 aromatic rings. The van der Waals surface area contributed by atoms with Gasteiger partial charge in [0.05, 0.1) is 12.8 Å². The number of rotatable bonds is 5. The highest BCUT2D eigenvalue weighted by atomic mass is 16.5. The van der Waals surface area contributed by atoms with Gasteiger partial charge in [-0.15, -0.1) is 0 Å². The molecule has 0 radical (unpaired) electrons. The van der Waals surface area contributed by atoms with Crippen molar-refractivity contribution in [2.75, 3.05) is 13.7 Å². The molecule has 0 saturated carbocycles. The standard InChI is InChI=1S/C18H24N2O3/c1-4-16-18(12(2)19-23-16)14-6-5-9-20(14)11-13-7-8-17(22-3)15(21)10-13/h7-8,10,14,21H,4-6,9,11H2,1-3H3. The average Bonchev–Trinajstić information content (AvgIpc) is 3.13. The maximum Gasteiger partial charge on any atom is 0.160 e. The molecule has 0 bridgehead atoms. The molecule has 0 aliphatic carbocycles. The van der Waals surface area contributed by atoms with Gasteiger partial charge in [0.2, 0.25) is 0 Å². The third-order valence-corrected chi connectivity index (χ3v) is 4.63. The Labute approximate surface area is 136 Å². The minimum absolute atomic E-state index is 0.191. The van der Waals surface area contributed by atoms with Crippen LogP contribution in [0, 0.1) is 6.92 Å². The normalized spacial score (nSPS) is 18.5. The number of hydrogen-bond donors (Lipinski definition) is 1. The van der Waals surface area contributed by atoms with Gasteiger partial charge in [0.15, 0.2) is 11.5 Å². The number of phenolic OH excluding ortho intramolecular Hbond substituents is 1. The maximum absolute atomic E-state index is 9.97. The lowest BCUT2D eigenvalue weighted by Crippen LogP contribution is -2.23. The number of hydrogen-bond acceptors (Lipinski definition) is 5. The van der Waals surface area contributed by atoms with Crippen LogP contribution in [0.25, 0.3) is 0 Å². The zero-order valence-corrected chi connectivity index (χ0v) is 14.0. The predicted molar refractivity (Wildman–Crippen MR) is 87.7 cm³/mol. The fourth-order valence-electron chi connectivity index (χ4n) is 3.52. The number of aryl methyl sites for hydroxylation is 2. The Morgan fingerprint density at radius 2 is 2.26 bits per heavy atom. The predicted octanol–water partition coefficient (Wildman–Crippen LogP) is 3.60. The number of likely N-dealkylation sites (tertiary alicyclic amines) is 1. The van der Waals surface area contributed by atoms with Gasteiger partial charge in [-0.1, -0.05) is 18.1 Å². The van der Waals surface area contributed by atoms with Gasteiger partial charge >= 0.3 is 0 Å². The monoisotopic (exact) mass is 316 g/mol. The summed E-state index contributed by atoms with van der Waals surface area (Å²) in [4.78, 5) is 2.44. The second kappa shape index (κ2) is 6.62. The molecule has 0 spiro atoms. The van der Waals surface area contributed by atoms with Gasteiger partial charge in [-0.25, -0.2) is 0 Å². The van der Waals surface area contributed by atoms with Crippen molar-refractivity contribution < 1.29 is 14.4 Å². The third-order valence-electron chi connectivity index (χ3n) is 4.63. The molecule has 1 aliphatic rings. The minimum Gasteiger partial charge on any atom is -0.504 e. The van der Waals surface area contributed by atoms with E-state index in [2.05, 4.69) is 17.0 Å². The number of aromatic hydroxyl groups is 1. The van der Waals surface area contributed by atoms with Crippen LogP contribution in [-0.4, -0.2) is 28.8 Å². The van der Waals surface area contributed by atoms with Crippen molar-refractivity contribution >= 4 is 0 Å². The summed E-state index contributed by atoms with van der Waals surface area (Å²) in [5.41, 5.74) is 3.33. The molecule has 1 aromatic carbocycles. The number of ether oxygens (including phenoxy) is 1. The second-order valence-corrected chi connectivity index (χ2v) is 6.09. The Hall–Kier alpha value is -2.01. The number of aromatic nitrogens is 1. The quantitative estimate of drug-likeness (QED) is 0.913. The number of benzene rings is 1. The first kappa shape index (κ1) is 15.9. The summed E-state index contributed by atoms with van der Waals surface area (Å²) < 4.78 is 10.6. The van der Waals surface area contributed by atoms with Crippen LogP contribution in [0.1, 0.15) is 48.4 Å². The molecule has 5 nitrogen and oxygen atoms in total. The Morgan fingerprint density at radius 1 is 1.43 bits per heavy atom. The summed E-state index contributed by atoms with van der Waals surface area (Å²) in [6.07, 6.45) is 3.15. The van der Waals surface area contributed by atoms with Crippen molar-refractivity contribution in [3.8, 4) is 11.5 Å². The highest BCUT2D eigenvalue weighted by molar-refractivity contribution is 5.41. The maximum atomic E-state index is 9.97. The van der Waals surface area contributed by atoms with E-state index < -0.39 is 0 Å². The van der Waals surface area contributed by atoms with Gasteiger partial charge in [-0.05, 0) is 44.0 Å². The van der Waals surface area contributed by atoms with Crippen LogP contribution in [0.4, 0.5) is 0 Å². The van der Waals surface area contributed by atoms with E-state index in [-0.39, 0.29) is 5.75 Å². The molecule has 23 heavy (non-hydrogen) atoms. The lowest BCUT2D eigenvalue weighted by molar-refractivity contribution is 0.244. The van der Waals surface area contributed by atoms with E-state index in [0.29, 0.717) is 11.8 Å². The lowest BCUT2D eigenvalue weighted by Gasteiger charge is -2.25. The fourth-order valence-corrected chi connectivity index (χ4v) is 3.52. The van der Waals surface area contributed by atoms with Crippen LogP contribution >= 0.6 is 0 Å². The molecule has 1 atom stereocenters. The van der Waals surface area contributed by atoms with Gasteiger partial charge in [0.1, 0.15) is 5.76 Å². The largest absolute Gasteiger partial charge is 0.504 e. The molecular weight excluding hydrogens is 292 g/mol. The minimum atomic E-state index is 0.191. The summed E-state index contributed by atoms with van der Waals surface area (Å²) in [6, 6.07) is 5.96. The third kappa shape index (κ3) is 3.06. The molecule has 2 heterocycles. The Balaban J connectivity index is 1.82. The molecule has 1 unspecified atom stereocenters. The molecule has 124 valence electrons. The first-order valence-electron chi connectivity index (χ1n) is 8.19. The Morgan fingerprint density at radius 3 is 2.96 bits per heavy atom. The van der Waals surface area contributed by atoms with Crippen molar-refractivity contribution in [1.29, 1.82) is 0 Å². The summed E-state index contributed by atoms with van der Waals surface area (Å²) in [5.74, 6) is 1.70. The first-order valence-corrected chi connectivity index (χ1v) is 8.19.